The summed E-state index contributed by atoms with van der Waals surface area (Å²) in [5, 5.41) is 9.54. The van der Waals surface area contributed by atoms with Crippen LogP contribution in [0.3, 0.4) is 0 Å². The lowest BCUT2D eigenvalue weighted by Crippen LogP contribution is -2.43. The van der Waals surface area contributed by atoms with E-state index in [2.05, 4.69) is 4.90 Å². The first kappa shape index (κ1) is 15.6. The maximum atomic E-state index is 12.0. The van der Waals surface area contributed by atoms with Crippen LogP contribution in [0.4, 0.5) is 4.79 Å². The van der Waals surface area contributed by atoms with Gasteiger partial charge < -0.3 is 19.6 Å². The lowest BCUT2D eigenvalue weighted by atomic mass is 9.96. The van der Waals surface area contributed by atoms with Crippen LogP contribution in [0.2, 0.25) is 0 Å². The van der Waals surface area contributed by atoms with Gasteiger partial charge in [-0.3, -0.25) is 0 Å². The van der Waals surface area contributed by atoms with Gasteiger partial charge in [0.05, 0.1) is 6.10 Å². The Hall–Kier alpha value is -0.810. The lowest BCUT2D eigenvalue weighted by molar-refractivity contribution is 0.0171. The van der Waals surface area contributed by atoms with Crippen LogP contribution < -0.4 is 0 Å². The normalized spacial score (nSPS) is 26.0. The van der Waals surface area contributed by atoms with E-state index in [0.29, 0.717) is 5.92 Å². The summed E-state index contributed by atoms with van der Waals surface area (Å²) in [7, 11) is 0. The number of amides is 1. The molecule has 0 aromatic heterocycles. The van der Waals surface area contributed by atoms with Crippen LogP contribution in [-0.4, -0.2) is 65.4 Å². The van der Waals surface area contributed by atoms with Crippen molar-refractivity contribution in [2.24, 2.45) is 5.92 Å². The molecule has 2 heterocycles. The molecule has 0 bridgehead atoms. The molecule has 5 heteroatoms. The number of hydrogen-bond donors (Lipinski definition) is 1. The molecule has 1 amide bonds. The van der Waals surface area contributed by atoms with E-state index < -0.39 is 5.60 Å². The summed E-state index contributed by atoms with van der Waals surface area (Å²) in [6, 6.07) is 0. The van der Waals surface area contributed by atoms with Crippen LogP contribution in [0.1, 0.15) is 40.0 Å². The van der Waals surface area contributed by atoms with Crippen molar-refractivity contribution in [1.29, 1.82) is 0 Å². The van der Waals surface area contributed by atoms with Crippen molar-refractivity contribution < 1.29 is 14.6 Å². The molecule has 1 N–H and O–H groups in total. The number of nitrogens with zero attached hydrogens (tertiary/aromatic N) is 2. The van der Waals surface area contributed by atoms with E-state index in [1.807, 2.05) is 25.7 Å². The molecule has 2 fully saturated rings. The summed E-state index contributed by atoms with van der Waals surface area (Å²) in [5.74, 6) is 0.638. The molecule has 5 nitrogen and oxygen atoms in total. The van der Waals surface area contributed by atoms with Crippen LogP contribution in [-0.2, 0) is 4.74 Å². The number of carbonyl (C=O) groups is 1. The van der Waals surface area contributed by atoms with Gasteiger partial charge in [-0.1, -0.05) is 0 Å². The Morgan fingerprint density at radius 3 is 2.35 bits per heavy atom. The highest BCUT2D eigenvalue weighted by molar-refractivity contribution is 5.68. The summed E-state index contributed by atoms with van der Waals surface area (Å²) >= 11 is 0. The second-order valence-electron chi connectivity index (χ2n) is 7.11. The monoisotopic (exact) mass is 284 g/mol. The first-order valence-electron chi connectivity index (χ1n) is 7.72. The van der Waals surface area contributed by atoms with Crippen molar-refractivity contribution >= 4 is 6.09 Å². The third-order valence-electron chi connectivity index (χ3n) is 4.03. The van der Waals surface area contributed by atoms with Crippen LogP contribution in [0, 0.1) is 5.92 Å². The first-order valence-corrected chi connectivity index (χ1v) is 7.72. The van der Waals surface area contributed by atoms with Crippen LogP contribution in [0.15, 0.2) is 0 Å². The summed E-state index contributed by atoms with van der Waals surface area (Å²) in [6.07, 6.45) is 2.64. The molecule has 2 aliphatic rings. The second-order valence-corrected chi connectivity index (χ2v) is 7.11. The lowest BCUT2D eigenvalue weighted by Gasteiger charge is -2.34. The Kier molecular flexibility index (Phi) is 4.91. The zero-order valence-corrected chi connectivity index (χ0v) is 13.0. The van der Waals surface area contributed by atoms with Crippen molar-refractivity contribution in [2.45, 2.75) is 51.7 Å². The zero-order chi connectivity index (χ0) is 14.8. The van der Waals surface area contributed by atoms with Gasteiger partial charge in [-0.15, -0.1) is 0 Å². The minimum Gasteiger partial charge on any atom is -0.444 e. The van der Waals surface area contributed by atoms with Gasteiger partial charge in [0.1, 0.15) is 5.60 Å². The Morgan fingerprint density at radius 1 is 1.20 bits per heavy atom. The van der Waals surface area contributed by atoms with Gasteiger partial charge in [0.15, 0.2) is 0 Å². The van der Waals surface area contributed by atoms with Crippen LogP contribution in [0.25, 0.3) is 0 Å². The molecule has 116 valence electrons. The van der Waals surface area contributed by atoms with E-state index in [-0.39, 0.29) is 12.2 Å². The number of likely N-dealkylation sites (tertiary alicyclic amines) is 2. The molecule has 0 aromatic rings. The summed E-state index contributed by atoms with van der Waals surface area (Å²) in [5.41, 5.74) is -0.417. The van der Waals surface area contributed by atoms with Crippen molar-refractivity contribution in [1.82, 2.24) is 9.80 Å². The molecule has 0 saturated carbocycles. The Bertz CT molecular complexity index is 333. The quantitative estimate of drug-likeness (QED) is 0.838. The van der Waals surface area contributed by atoms with Crippen molar-refractivity contribution in [3.05, 3.63) is 0 Å². The van der Waals surface area contributed by atoms with E-state index in [1.54, 1.807) is 0 Å². The SMILES string of the molecule is CC(C)(C)OC(=O)N1CCC(CN2CC[C@H](O)C2)CC1. The number of β-amino-alcohol motifs (C(OH)–C–C–N with tert-alkyl or cyclic N) is 1. The smallest absolute Gasteiger partial charge is 0.410 e. The highest BCUT2D eigenvalue weighted by Crippen LogP contribution is 2.22. The molecule has 0 radical (unpaired) electrons. The van der Waals surface area contributed by atoms with E-state index in [0.717, 1.165) is 52.0 Å². The van der Waals surface area contributed by atoms with Gasteiger partial charge in [-0.2, -0.15) is 0 Å². The highest BCUT2D eigenvalue weighted by Gasteiger charge is 2.29. The molecule has 2 saturated heterocycles. The minimum atomic E-state index is -0.417. The number of ether oxygens (including phenoxy) is 1. The molecule has 0 spiro atoms. The van der Waals surface area contributed by atoms with Crippen molar-refractivity contribution in [3.8, 4) is 0 Å². The van der Waals surface area contributed by atoms with Crippen molar-refractivity contribution in [3.63, 3.8) is 0 Å². The summed E-state index contributed by atoms with van der Waals surface area (Å²) in [4.78, 5) is 16.1. The molecule has 2 rings (SSSR count). The predicted molar refractivity (Wildman–Crippen MR) is 77.6 cm³/mol. The van der Waals surface area contributed by atoms with Gasteiger partial charge in [0.2, 0.25) is 0 Å². The number of aliphatic hydroxyl groups excluding tert-OH is 1. The Morgan fingerprint density at radius 2 is 1.85 bits per heavy atom. The van der Waals surface area contributed by atoms with Crippen LogP contribution in [0.5, 0.6) is 0 Å². The number of hydrogen-bond acceptors (Lipinski definition) is 4. The molecule has 0 unspecified atom stereocenters. The maximum absolute atomic E-state index is 12.0. The maximum Gasteiger partial charge on any atom is 0.410 e. The van der Waals surface area contributed by atoms with Gasteiger partial charge in [0.25, 0.3) is 0 Å². The summed E-state index contributed by atoms with van der Waals surface area (Å²) < 4.78 is 5.40. The fraction of sp³-hybridized carbons (Fsp3) is 0.933. The molecule has 0 aliphatic carbocycles. The number of aliphatic hydroxyl groups is 1. The topological polar surface area (TPSA) is 53.0 Å². The third kappa shape index (κ3) is 4.63. The number of carbonyl (C=O) groups excluding carboxylic acids is 1. The standard InChI is InChI=1S/C15H28N2O3/c1-15(2,3)20-14(19)17-8-4-12(5-9-17)10-16-7-6-13(18)11-16/h12-13,18H,4-11H2,1-3H3/t13-/m0/s1. The van der Waals surface area contributed by atoms with Gasteiger partial charge >= 0.3 is 6.09 Å². The predicted octanol–water partition coefficient (Wildman–Crippen LogP) is 1.70. The largest absolute Gasteiger partial charge is 0.444 e. The number of piperidine rings is 1. The van der Waals surface area contributed by atoms with E-state index in [4.69, 9.17) is 4.74 Å². The second kappa shape index (κ2) is 6.31. The van der Waals surface area contributed by atoms with Gasteiger partial charge in [-0.25, -0.2) is 4.79 Å². The number of rotatable bonds is 2. The van der Waals surface area contributed by atoms with E-state index >= 15 is 0 Å². The minimum absolute atomic E-state index is 0.142. The van der Waals surface area contributed by atoms with E-state index in [9.17, 15) is 9.90 Å². The Balaban J connectivity index is 1.71. The summed E-state index contributed by atoms with van der Waals surface area (Å²) in [6.45, 7) is 10.1. The van der Waals surface area contributed by atoms with E-state index in [1.165, 1.54) is 0 Å². The molecular formula is C15H28N2O3. The van der Waals surface area contributed by atoms with Crippen LogP contribution >= 0.6 is 0 Å². The fourth-order valence-corrected chi connectivity index (χ4v) is 2.97. The Labute approximate surface area is 121 Å². The average Bonchev–Trinajstić information content (AvgIpc) is 2.73. The molecule has 1 atom stereocenters. The molecule has 20 heavy (non-hydrogen) atoms. The first-order chi connectivity index (χ1) is 9.33. The highest BCUT2D eigenvalue weighted by atomic mass is 16.6. The zero-order valence-electron chi connectivity index (χ0n) is 13.0. The van der Waals surface area contributed by atoms with Gasteiger partial charge in [0, 0.05) is 32.7 Å². The molecular weight excluding hydrogens is 256 g/mol. The van der Waals surface area contributed by atoms with Gasteiger partial charge in [-0.05, 0) is 46.0 Å². The fourth-order valence-electron chi connectivity index (χ4n) is 2.97. The molecule has 2 aliphatic heterocycles. The van der Waals surface area contributed by atoms with Crippen molar-refractivity contribution in [2.75, 3.05) is 32.7 Å². The average molecular weight is 284 g/mol. The molecule has 0 aromatic carbocycles. The third-order valence-corrected chi connectivity index (χ3v) is 4.03.